The zero-order chi connectivity index (χ0) is 11.6. The van der Waals surface area contributed by atoms with Crippen molar-refractivity contribution in [1.82, 2.24) is 0 Å². The van der Waals surface area contributed by atoms with Gasteiger partial charge in [0, 0.05) is 0 Å². The van der Waals surface area contributed by atoms with Crippen LogP contribution in [0.5, 0.6) is 5.75 Å². The molecule has 0 heterocycles. The lowest BCUT2D eigenvalue weighted by Crippen LogP contribution is -2.04. The summed E-state index contributed by atoms with van der Waals surface area (Å²) in [5.41, 5.74) is -0.0549. The van der Waals surface area contributed by atoms with Gasteiger partial charge in [-0.05, 0) is 19.9 Å². The largest absolute Gasteiger partial charge is 0.491 e. The summed E-state index contributed by atoms with van der Waals surface area (Å²) in [6, 6.07) is 0.786. The molecule has 0 N–H and O–H groups in total. The number of halogens is 3. The zero-order valence-electron chi connectivity index (χ0n) is 8.23. The molecule has 0 atom stereocenters. The molecule has 0 saturated heterocycles. The first-order valence-corrected chi connectivity index (χ1v) is 4.68. The average Bonchev–Trinajstić information content (AvgIpc) is 2.18. The average molecular weight is 235 g/mol. The van der Waals surface area contributed by atoms with Crippen molar-refractivity contribution in [1.29, 1.82) is 0 Å². The molecule has 0 spiro atoms. The molecule has 0 aliphatic rings. The van der Waals surface area contributed by atoms with Crippen LogP contribution in [0.4, 0.5) is 8.78 Å². The maximum atomic E-state index is 13.1. The van der Waals surface area contributed by atoms with E-state index in [1.165, 1.54) is 6.92 Å². The van der Waals surface area contributed by atoms with E-state index in [0.29, 0.717) is 0 Å². The zero-order valence-corrected chi connectivity index (χ0v) is 8.99. The number of ketones is 1. The molecule has 0 fully saturated rings. The van der Waals surface area contributed by atoms with E-state index < -0.39 is 22.4 Å². The van der Waals surface area contributed by atoms with Crippen LogP contribution in [0.25, 0.3) is 0 Å². The van der Waals surface area contributed by atoms with Gasteiger partial charge in [-0.2, -0.15) is 0 Å². The molecular weight excluding hydrogens is 226 g/mol. The molecule has 0 aliphatic heterocycles. The Kier molecular flexibility index (Phi) is 3.63. The second-order valence-corrected chi connectivity index (χ2v) is 3.23. The minimum Gasteiger partial charge on any atom is -0.491 e. The Morgan fingerprint density at radius 2 is 2.13 bits per heavy atom. The third-order valence-corrected chi connectivity index (χ3v) is 2.12. The van der Waals surface area contributed by atoms with Gasteiger partial charge in [-0.15, -0.1) is 0 Å². The van der Waals surface area contributed by atoms with Gasteiger partial charge in [0.1, 0.15) is 5.02 Å². The van der Waals surface area contributed by atoms with Crippen LogP contribution in [0.15, 0.2) is 6.07 Å². The lowest BCUT2D eigenvalue weighted by atomic mass is 10.1. The van der Waals surface area contributed by atoms with Gasteiger partial charge in [-0.3, -0.25) is 4.79 Å². The monoisotopic (exact) mass is 234 g/mol. The smallest absolute Gasteiger partial charge is 0.181 e. The van der Waals surface area contributed by atoms with Crippen molar-refractivity contribution in [3.63, 3.8) is 0 Å². The van der Waals surface area contributed by atoms with Crippen molar-refractivity contribution in [3.05, 3.63) is 28.3 Å². The second-order valence-electron chi connectivity index (χ2n) is 2.85. The molecule has 0 saturated carbocycles. The molecule has 0 aliphatic carbocycles. The van der Waals surface area contributed by atoms with Gasteiger partial charge in [0.2, 0.25) is 0 Å². The summed E-state index contributed by atoms with van der Waals surface area (Å²) in [6.07, 6.45) is 0. The number of Topliss-reactive ketones (excluding diaryl/α,β-unsaturated/α-hetero) is 1. The molecule has 0 radical (unpaired) electrons. The number of hydrogen-bond donors (Lipinski definition) is 0. The van der Waals surface area contributed by atoms with E-state index >= 15 is 0 Å². The van der Waals surface area contributed by atoms with Crippen molar-refractivity contribution in [3.8, 4) is 5.75 Å². The highest BCUT2D eigenvalue weighted by Gasteiger charge is 2.20. The topological polar surface area (TPSA) is 26.3 Å². The van der Waals surface area contributed by atoms with E-state index in [0.717, 1.165) is 6.07 Å². The van der Waals surface area contributed by atoms with Crippen LogP contribution in [-0.2, 0) is 0 Å². The molecule has 5 heteroatoms. The third kappa shape index (κ3) is 2.26. The fourth-order valence-corrected chi connectivity index (χ4v) is 1.37. The predicted molar refractivity (Wildman–Crippen MR) is 52.5 cm³/mol. The van der Waals surface area contributed by atoms with E-state index in [2.05, 4.69) is 0 Å². The van der Waals surface area contributed by atoms with Gasteiger partial charge in [-0.1, -0.05) is 11.6 Å². The van der Waals surface area contributed by atoms with Gasteiger partial charge in [-0.25, -0.2) is 8.78 Å². The summed E-state index contributed by atoms with van der Waals surface area (Å²) < 4.78 is 31.0. The van der Waals surface area contributed by atoms with Crippen molar-refractivity contribution in [2.45, 2.75) is 13.8 Å². The number of carbonyl (C=O) groups excluding carboxylic acids is 1. The first kappa shape index (κ1) is 11.9. The lowest BCUT2D eigenvalue weighted by Gasteiger charge is -2.10. The molecule has 0 amide bonds. The first-order chi connectivity index (χ1) is 6.99. The van der Waals surface area contributed by atoms with Crippen LogP contribution in [-0.4, -0.2) is 12.4 Å². The van der Waals surface area contributed by atoms with E-state index in [9.17, 15) is 13.6 Å². The molecule has 15 heavy (non-hydrogen) atoms. The highest BCUT2D eigenvalue weighted by molar-refractivity contribution is 6.32. The van der Waals surface area contributed by atoms with Crippen molar-refractivity contribution in [2.24, 2.45) is 0 Å². The Balaban J connectivity index is 3.43. The van der Waals surface area contributed by atoms with E-state index in [1.807, 2.05) is 0 Å². The molecule has 0 bridgehead atoms. The van der Waals surface area contributed by atoms with Crippen LogP contribution in [0.3, 0.4) is 0 Å². The quantitative estimate of drug-likeness (QED) is 0.593. The molecular formula is C10H9ClF2O2. The van der Waals surface area contributed by atoms with E-state index in [-0.39, 0.29) is 17.9 Å². The molecule has 82 valence electrons. The molecule has 1 aromatic rings. The minimum absolute atomic E-state index is 0.0549. The molecule has 0 aromatic heterocycles. The van der Waals surface area contributed by atoms with Crippen molar-refractivity contribution < 1.29 is 18.3 Å². The van der Waals surface area contributed by atoms with Crippen LogP contribution in [0.1, 0.15) is 24.2 Å². The number of ether oxygens (including phenoxy) is 1. The van der Waals surface area contributed by atoms with Gasteiger partial charge >= 0.3 is 0 Å². The second kappa shape index (κ2) is 4.57. The summed E-state index contributed by atoms with van der Waals surface area (Å²) in [6.45, 7) is 3.10. The fourth-order valence-electron chi connectivity index (χ4n) is 1.13. The summed E-state index contributed by atoms with van der Waals surface area (Å²) in [7, 11) is 0. The first-order valence-electron chi connectivity index (χ1n) is 4.30. The molecule has 1 aromatic carbocycles. The SMILES string of the molecule is CCOc1c(C(C)=O)cc(F)c(F)c1Cl. The Bertz CT molecular complexity index is 405. The Hall–Kier alpha value is -1.16. The van der Waals surface area contributed by atoms with Crippen molar-refractivity contribution >= 4 is 17.4 Å². The molecule has 2 nitrogen and oxygen atoms in total. The third-order valence-electron chi connectivity index (χ3n) is 1.79. The summed E-state index contributed by atoms with van der Waals surface area (Å²) in [4.78, 5) is 11.1. The maximum Gasteiger partial charge on any atom is 0.181 e. The lowest BCUT2D eigenvalue weighted by molar-refractivity contribution is 0.101. The van der Waals surface area contributed by atoms with Crippen LogP contribution in [0, 0.1) is 11.6 Å². The summed E-state index contributed by atoms with van der Waals surface area (Å²) in [5, 5.41) is -0.498. The molecule has 1 rings (SSSR count). The van der Waals surface area contributed by atoms with Gasteiger partial charge in [0.05, 0.1) is 12.2 Å². The highest BCUT2D eigenvalue weighted by atomic mass is 35.5. The van der Waals surface area contributed by atoms with Gasteiger partial charge < -0.3 is 4.74 Å². The predicted octanol–water partition coefficient (Wildman–Crippen LogP) is 3.22. The summed E-state index contributed by atoms with van der Waals surface area (Å²) in [5.74, 6) is -2.90. The Morgan fingerprint density at radius 3 is 2.60 bits per heavy atom. The maximum absolute atomic E-state index is 13.1. The minimum atomic E-state index is -1.20. The van der Waals surface area contributed by atoms with Crippen LogP contribution < -0.4 is 4.74 Å². The Morgan fingerprint density at radius 1 is 1.53 bits per heavy atom. The fraction of sp³-hybridized carbons (Fsp3) is 0.300. The number of hydrogen-bond acceptors (Lipinski definition) is 2. The van der Waals surface area contributed by atoms with Crippen molar-refractivity contribution in [2.75, 3.05) is 6.61 Å². The van der Waals surface area contributed by atoms with E-state index in [1.54, 1.807) is 6.92 Å². The van der Waals surface area contributed by atoms with Gasteiger partial charge in [0.25, 0.3) is 0 Å². The highest BCUT2D eigenvalue weighted by Crippen LogP contribution is 2.33. The number of carbonyl (C=O) groups is 1. The summed E-state index contributed by atoms with van der Waals surface area (Å²) >= 11 is 5.53. The van der Waals surface area contributed by atoms with Crippen LogP contribution in [0.2, 0.25) is 5.02 Å². The number of benzene rings is 1. The standard InChI is InChI=1S/C10H9ClF2O2/c1-3-15-10-6(5(2)14)4-7(12)9(13)8(10)11/h4H,3H2,1-2H3. The Labute approximate surface area is 90.8 Å². The number of rotatable bonds is 3. The van der Waals surface area contributed by atoms with Gasteiger partial charge in [0.15, 0.2) is 23.2 Å². The molecule has 0 unspecified atom stereocenters. The van der Waals surface area contributed by atoms with E-state index in [4.69, 9.17) is 16.3 Å². The normalized spacial score (nSPS) is 10.2. The van der Waals surface area contributed by atoms with Crippen LogP contribution >= 0.6 is 11.6 Å².